The summed E-state index contributed by atoms with van der Waals surface area (Å²) in [4.78, 5) is 24.0. The van der Waals surface area contributed by atoms with Gasteiger partial charge in [0.15, 0.2) is 11.6 Å². The number of carbonyl (C=O) groups is 1. The minimum Gasteiger partial charge on any atom is -0.407 e. The van der Waals surface area contributed by atoms with Gasteiger partial charge in [0.2, 0.25) is 0 Å². The standard InChI is InChI=1S/C16H12N4O2/c21-16(20-14-8-4-5-9-17-14)22-13-10-18-15(19-11-13)12-6-2-1-3-7-12/h1-11H,(H,17,20,21). The van der Waals surface area contributed by atoms with Crippen LogP contribution >= 0.6 is 0 Å². The summed E-state index contributed by atoms with van der Waals surface area (Å²) >= 11 is 0. The molecule has 0 spiro atoms. The maximum Gasteiger partial charge on any atom is 0.418 e. The molecular weight excluding hydrogens is 280 g/mol. The molecule has 1 aromatic carbocycles. The van der Waals surface area contributed by atoms with Crippen LogP contribution in [-0.2, 0) is 0 Å². The van der Waals surface area contributed by atoms with Crippen LogP contribution in [0.25, 0.3) is 11.4 Å². The van der Waals surface area contributed by atoms with Crippen molar-refractivity contribution in [3.63, 3.8) is 0 Å². The van der Waals surface area contributed by atoms with Crippen molar-refractivity contribution in [1.82, 2.24) is 15.0 Å². The first-order valence-electron chi connectivity index (χ1n) is 6.58. The fourth-order valence-electron chi connectivity index (χ4n) is 1.78. The van der Waals surface area contributed by atoms with Crippen LogP contribution in [-0.4, -0.2) is 21.0 Å². The monoisotopic (exact) mass is 292 g/mol. The van der Waals surface area contributed by atoms with Gasteiger partial charge < -0.3 is 4.74 Å². The Labute approximate surface area is 126 Å². The maximum absolute atomic E-state index is 11.7. The summed E-state index contributed by atoms with van der Waals surface area (Å²) in [6.07, 6.45) is 3.84. The Kier molecular flexibility index (Phi) is 4.01. The Balaban J connectivity index is 1.65. The number of nitrogens with one attached hydrogen (secondary N) is 1. The number of carbonyl (C=O) groups excluding carboxylic acids is 1. The molecule has 0 aliphatic heterocycles. The van der Waals surface area contributed by atoms with Crippen LogP contribution in [0.2, 0.25) is 0 Å². The number of anilines is 1. The number of hydrogen-bond donors (Lipinski definition) is 1. The van der Waals surface area contributed by atoms with E-state index in [1.54, 1.807) is 24.4 Å². The van der Waals surface area contributed by atoms with Gasteiger partial charge in [-0.05, 0) is 12.1 Å². The molecule has 0 fully saturated rings. The second kappa shape index (κ2) is 6.45. The topological polar surface area (TPSA) is 77.0 Å². The first kappa shape index (κ1) is 13.7. The molecule has 0 atom stereocenters. The van der Waals surface area contributed by atoms with Gasteiger partial charge in [-0.2, -0.15) is 0 Å². The van der Waals surface area contributed by atoms with Crippen molar-refractivity contribution in [1.29, 1.82) is 0 Å². The number of rotatable bonds is 3. The fourth-order valence-corrected chi connectivity index (χ4v) is 1.78. The van der Waals surface area contributed by atoms with Gasteiger partial charge in [0.25, 0.3) is 0 Å². The lowest BCUT2D eigenvalue weighted by molar-refractivity contribution is 0.214. The summed E-state index contributed by atoms with van der Waals surface area (Å²) in [5, 5.41) is 2.51. The highest BCUT2D eigenvalue weighted by Gasteiger charge is 2.07. The molecule has 0 aliphatic rings. The molecule has 0 unspecified atom stereocenters. The van der Waals surface area contributed by atoms with E-state index in [2.05, 4.69) is 20.3 Å². The van der Waals surface area contributed by atoms with Gasteiger partial charge in [-0.15, -0.1) is 0 Å². The van der Waals surface area contributed by atoms with Crippen LogP contribution in [0.15, 0.2) is 67.1 Å². The average molecular weight is 292 g/mol. The predicted octanol–water partition coefficient (Wildman–Crippen LogP) is 3.15. The van der Waals surface area contributed by atoms with E-state index in [0.717, 1.165) is 5.56 Å². The summed E-state index contributed by atoms with van der Waals surface area (Å²) in [5.74, 6) is 1.24. The first-order valence-corrected chi connectivity index (χ1v) is 6.58. The number of benzene rings is 1. The first-order chi connectivity index (χ1) is 10.8. The van der Waals surface area contributed by atoms with E-state index in [1.807, 2.05) is 30.3 Å². The summed E-state index contributed by atoms with van der Waals surface area (Å²) < 4.78 is 5.09. The molecule has 2 heterocycles. The number of amides is 1. The molecule has 0 aliphatic carbocycles. The van der Waals surface area contributed by atoms with Gasteiger partial charge in [-0.1, -0.05) is 36.4 Å². The molecule has 6 nitrogen and oxygen atoms in total. The maximum atomic E-state index is 11.7. The Morgan fingerprint density at radius 2 is 1.64 bits per heavy atom. The van der Waals surface area contributed by atoms with E-state index in [1.165, 1.54) is 12.4 Å². The minimum atomic E-state index is -0.644. The summed E-state index contributed by atoms with van der Waals surface area (Å²) in [6.45, 7) is 0. The largest absolute Gasteiger partial charge is 0.418 e. The Morgan fingerprint density at radius 1 is 0.909 bits per heavy atom. The number of aromatic nitrogens is 3. The molecule has 6 heteroatoms. The second-order valence-electron chi connectivity index (χ2n) is 4.34. The minimum absolute atomic E-state index is 0.258. The molecule has 22 heavy (non-hydrogen) atoms. The van der Waals surface area contributed by atoms with Crippen molar-refractivity contribution < 1.29 is 9.53 Å². The number of nitrogens with zero attached hydrogens (tertiary/aromatic N) is 3. The SMILES string of the molecule is O=C(Nc1ccccn1)Oc1cnc(-c2ccccc2)nc1. The second-order valence-corrected chi connectivity index (χ2v) is 4.34. The highest BCUT2D eigenvalue weighted by Crippen LogP contribution is 2.16. The van der Waals surface area contributed by atoms with Crippen molar-refractivity contribution in [2.45, 2.75) is 0 Å². The van der Waals surface area contributed by atoms with E-state index in [0.29, 0.717) is 11.6 Å². The van der Waals surface area contributed by atoms with Crippen molar-refractivity contribution in [3.05, 3.63) is 67.1 Å². The molecule has 2 aromatic heterocycles. The van der Waals surface area contributed by atoms with Crippen molar-refractivity contribution in [2.24, 2.45) is 0 Å². The molecule has 0 saturated carbocycles. The Bertz CT molecular complexity index is 746. The lowest BCUT2D eigenvalue weighted by Crippen LogP contribution is -2.17. The van der Waals surface area contributed by atoms with Crippen LogP contribution in [0.3, 0.4) is 0 Å². The van der Waals surface area contributed by atoms with E-state index in [9.17, 15) is 4.79 Å². The van der Waals surface area contributed by atoms with Crippen LogP contribution in [0.4, 0.5) is 10.6 Å². The fraction of sp³-hybridized carbons (Fsp3) is 0. The number of hydrogen-bond acceptors (Lipinski definition) is 5. The highest BCUT2D eigenvalue weighted by atomic mass is 16.6. The molecule has 3 aromatic rings. The molecule has 0 saturated heterocycles. The molecule has 108 valence electrons. The van der Waals surface area contributed by atoms with Gasteiger partial charge in [0, 0.05) is 11.8 Å². The van der Waals surface area contributed by atoms with Gasteiger partial charge >= 0.3 is 6.09 Å². The van der Waals surface area contributed by atoms with Crippen LogP contribution in [0, 0.1) is 0 Å². The zero-order valence-corrected chi connectivity index (χ0v) is 11.5. The average Bonchev–Trinajstić information content (AvgIpc) is 2.57. The van der Waals surface area contributed by atoms with Crippen molar-refractivity contribution in [3.8, 4) is 17.1 Å². The molecule has 3 rings (SSSR count). The quantitative estimate of drug-likeness (QED) is 0.802. The van der Waals surface area contributed by atoms with E-state index in [-0.39, 0.29) is 5.75 Å². The Morgan fingerprint density at radius 3 is 2.32 bits per heavy atom. The van der Waals surface area contributed by atoms with Crippen molar-refractivity contribution >= 4 is 11.9 Å². The summed E-state index contributed by atoms with van der Waals surface area (Å²) in [7, 11) is 0. The van der Waals surface area contributed by atoms with Crippen molar-refractivity contribution in [2.75, 3.05) is 5.32 Å². The predicted molar refractivity (Wildman–Crippen MR) is 81.4 cm³/mol. The number of ether oxygens (including phenoxy) is 1. The number of pyridine rings is 1. The molecule has 0 radical (unpaired) electrons. The van der Waals surface area contributed by atoms with E-state index < -0.39 is 6.09 Å². The van der Waals surface area contributed by atoms with Gasteiger partial charge in [0.05, 0.1) is 12.4 Å². The van der Waals surface area contributed by atoms with E-state index >= 15 is 0 Å². The molecule has 1 N–H and O–H groups in total. The third-order valence-electron chi connectivity index (χ3n) is 2.77. The molecule has 1 amide bonds. The van der Waals surface area contributed by atoms with Gasteiger partial charge in [0.1, 0.15) is 5.82 Å². The normalized spacial score (nSPS) is 10.0. The zero-order valence-electron chi connectivity index (χ0n) is 11.5. The van der Waals surface area contributed by atoms with Crippen LogP contribution < -0.4 is 10.1 Å². The van der Waals surface area contributed by atoms with Crippen LogP contribution in [0.5, 0.6) is 5.75 Å². The zero-order chi connectivity index (χ0) is 15.2. The smallest absolute Gasteiger partial charge is 0.407 e. The van der Waals surface area contributed by atoms with Gasteiger partial charge in [-0.25, -0.2) is 19.7 Å². The molecular formula is C16H12N4O2. The lowest BCUT2D eigenvalue weighted by Gasteiger charge is -2.05. The lowest BCUT2D eigenvalue weighted by atomic mass is 10.2. The van der Waals surface area contributed by atoms with E-state index in [4.69, 9.17) is 4.74 Å². The van der Waals surface area contributed by atoms with Crippen LogP contribution in [0.1, 0.15) is 0 Å². The third-order valence-corrected chi connectivity index (χ3v) is 2.77. The summed E-state index contributed by atoms with van der Waals surface area (Å²) in [5.41, 5.74) is 0.895. The third kappa shape index (κ3) is 3.43. The molecule has 0 bridgehead atoms. The van der Waals surface area contributed by atoms with Gasteiger partial charge in [-0.3, -0.25) is 5.32 Å². The highest BCUT2D eigenvalue weighted by molar-refractivity contribution is 5.84. The summed E-state index contributed by atoms with van der Waals surface area (Å²) in [6, 6.07) is 14.7. The Hall–Kier alpha value is -3.28.